The lowest BCUT2D eigenvalue weighted by Crippen LogP contribution is -1.89. The largest absolute Gasteiger partial charge is 0.455 e. The molecule has 0 aliphatic carbocycles. The quantitative estimate of drug-likeness (QED) is 0.167. The summed E-state index contributed by atoms with van der Waals surface area (Å²) < 4.78 is 7.03. The van der Waals surface area contributed by atoms with E-state index in [0.29, 0.717) is 0 Å². The predicted octanol–water partition coefficient (Wildman–Crippen LogP) is 15.0. The predicted molar refractivity (Wildman–Crippen MR) is 227 cm³/mol. The maximum atomic E-state index is 7.03. The molecular formula is C52H28O. The van der Waals surface area contributed by atoms with E-state index in [4.69, 9.17) is 4.42 Å². The maximum Gasteiger partial charge on any atom is 0.143 e. The van der Waals surface area contributed by atoms with Crippen LogP contribution >= 0.6 is 0 Å². The summed E-state index contributed by atoms with van der Waals surface area (Å²) in [6, 6.07) is 63.2. The highest BCUT2D eigenvalue weighted by Gasteiger charge is 2.21. The Hall–Kier alpha value is -6.96. The van der Waals surface area contributed by atoms with Crippen LogP contribution in [0.5, 0.6) is 0 Å². The average Bonchev–Trinajstić information content (AvgIpc) is 3.59. The van der Waals surface area contributed by atoms with E-state index in [0.717, 1.165) is 21.9 Å². The summed E-state index contributed by atoms with van der Waals surface area (Å²) in [7, 11) is 0. The second-order valence-corrected chi connectivity index (χ2v) is 14.8. The number of furan rings is 1. The topological polar surface area (TPSA) is 13.1 Å². The lowest BCUT2D eigenvalue weighted by molar-refractivity contribution is 0.673. The van der Waals surface area contributed by atoms with E-state index in [1.807, 2.05) is 0 Å². The van der Waals surface area contributed by atoms with Crippen molar-refractivity contribution < 1.29 is 4.42 Å². The number of hydrogen-bond acceptors (Lipinski definition) is 1. The third-order valence-electron chi connectivity index (χ3n) is 12.1. The van der Waals surface area contributed by atoms with Gasteiger partial charge in [0.1, 0.15) is 11.2 Å². The average molecular weight is 669 g/mol. The minimum Gasteiger partial charge on any atom is -0.455 e. The lowest BCUT2D eigenvalue weighted by atomic mass is 9.87. The van der Waals surface area contributed by atoms with Crippen molar-refractivity contribution >= 4 is 108 Å². The zero-order chi connectivity index (χ0) is 34.4. The van der Waals surface area contributed by atoms with Crippen molar-refractivity contribution in [1.82, 2.24) is 0 Å². The van der Waals surface area contributed by atoms with E-state index in [9.17, 15) is 0 Å². The van der Waals surface area contributed by atoms with Crippen molar-refractivity contribution in [2.75, 3.05) is 0 Å². The molecule has 1 heteroatoms. The molecule has 0 bridgehead atoms. The Morgan fingerprint density at radius 1 is 0.264 bits per heavy atom. The van der Waals surface area contributed by atoms with Crippen LogP contribution in [0.4, 0.5) is 0 Å². The lowest BCUT2D eigenvalue weighted by Gasteiger charge is -2.16. The molecule has 0 saturated carbocycles. The van der Waals surface area contributed by atoms with Crippen molar-refractivity contribution in [1.29, 1.82) is 0 Å². The monoisotopic (exact) mass is 668 g/mol. The van der Waals surface area contributed by atoms with Gasteiger partial charge in [0.05, 0.1) is 0 Å². The standard InChI is InChI=1S/C52H28O/c1-2-6-36-28-46-45(25-35(36)5-1)51-44(40-22-18-34-14-12-30-8-4-10-32-20-24-42(40)50(34)48(30)32)27-38-16-15-37(26-43(38)52(51)53-46)39-21-17-33-13-11-29-7-3-9-31-19-23-41(39)49(33)47(29)31/h1-28H. The first-order chi connectivity index (χ1) is 26.2. The molecule has 1 aromatic heterocycles. The van der Waals surface area contributed by atoms with Gasteiger partial charge in [-0.2, -0.15) is 0 Å². The van der Waals surface area contributed by atoms with Gasteiger partial charge in [-0.3, -0.25) is 0 Å². The van der Waals surface area contributed by atoms with Crippen LogP contribution in [0.2, 0.25) is 0 Å². The van der Waals surface area contributed by atoms with Crippen LogP contribution in [0, 0.1) is 0 Å². The van der Waals surface area contributed by atoms with Crippen molar-refractivity contribution in [2.24, 2.45) is 0 Å². The molecule has 0 aliphatic heterocycles. The second kappa shape index (κ2) is 9.88. The fraction of sp³-hybridized carbons (Fsp3) is 0. The molecule has 0 spiro atoms. The van der Waals surface area contributed by atoms with Gasteiger partial charge in [-0.25, -0.2) is 0 Å². The molecule has 53 heavy (non-hydrogen) atoms. The van der Waals surface area contributed by atoms with Gasteiger partial charge in [0.2, 0.25) is 0 Å². The van der Waals surface area contributed by atoms with Gasteiger partial charge >= 0.3 is 0 Å². The van der Waals surface area contributed by atoms with Gasteiger partial charge in [0.15, 0.2) is 0 Å². The fourth-order valence-electron chi connectivity index (χ4n) is 9.68. The fourth-order valence-corrected chi connectivity index (χ4v) is 9.68. The molecule has 0 unspecified atom stereocenters. The van der Waals surface area contributed by atoms with E-state index < -0.39 is 0 Å². The van der Waals surface area contributed by atoms with Crippen molar-refractivity contribution in [3.8, 4) is 22.3 Å². The Morgan fingerprint density at radius 3 is 1.43 bits per heavy atom. The summed E-state index contributed by atoms with van der Waals surface area (Å²) in [5.41, 5.74) is 6.72. The molecule has 13 rings (SSSR count). The van der Waals surface area contributed by atoms with Gasteiger partial charge in [-0.1, -0.05) is 146 Å². The zero-order valence-electron chi connectivity index (χ0n) is 28.6. The molecule has 0 N–H and O–H groups in total. The van der Waals surface area contributed by atoms with Gasteiger partial charge < -0.3 is 4.42 Å². The Bertz CT molecular complexity index is 3640. The molecule has 0 amide bonds. The summed E-state index contributed by atoms with van der Waals surface area (Å²) in [6.07, 6.45) is 0. The molecule has 0 radical (unpaired) electrons. The zero-order valence-corrected chi connectivity index (χ0v) is 28.6. The van der Waals surface area contributed by atoms with Gasteiger partial charge in [0.25, 0.3) is 0 Å². The van der Waals surface area contributed by atoms with Crippen molar-refractivity contribution in [2.45, 2.75) is 0 Å². The first kappa shape index (κ1) is 27.7. The molecule has 0 saturated heterocycles. The molecule has 1 heterocycles. The normalized spacial score (nSPS) is 12.5. The molecule has 0 aliphatic rings. The van der Waals surface area contributed by atoms with E-state index in [1.54, 1.807) is 0 Å². The van der Waals surface area contributed by atoms with E-state index >= 15 is 0 Å². The van der Waals surface area contributed by atoms with Crippen LogP contribution in [0.3, 0.4) is 0 Å². The Balaban J connectivity index is 1.14. The third kappa shape index (κ3) is 3.66. The van der Waals surface area contributed by atoms with Crippen LogP contribution in [-0.4, -0.2) is 0 Å². The SMILES string of the molecule is c1ccc2cc3c(cc2c1)oc1c2cc(-c4ccc5ccc6cccc7ccc4c5c67)ccc2cc(-c2ccc4ccc5cccc6ccc2c4c56)c31. The number of rotatable bonds is 2. The molecule has 0 atom stereocenters. The molecule has 0 fully saturated rings. The van der Waals surface area contributed by atoms with Crippen LogP contribution in [-0.2, 0) is 0 Å². The summed E-state index contributed by atoms with van der Waals surface area (Å²) in [5, 5.41) is 22.6. The van der Waals surface area contributed by atoms with Crippen molar-refractivity contribution in [3.63, 3.8) is 0 Å². The van der Waals surface area contributed by atoms with Crippen LogP contribution in [0.15, 0.2) is 174 Å². The van der Waals surface area contributed by atoms with Gasteiger partial charge in [-0.15, -0.1) is 0 Å². The summed E-state index contributed by atoms with van der Waals surface area (Å²) in [5.74, 6) is 0. The molecule has 1 nitrogen and oxygen atoms in total. The highest BCUT2D eigenvalue weighted by molar-refractivity contribution is 6.30. The summed E-state index contributed by atoms with van der Waals surface area (Å²) in [4.78, 5) is 0. The van der Waals surface area contributed by atoms with Crippen LogP contribution in [0.25, 0.3) is 130 Å². The molecule has 12 aromatic carbocycles. The maximum absolute atomic E-state index is 7.03. The van der Waals surface area contributed by atoms with Crippen LogP contribution in [0.1, 0.15) is 0 Å². The number of fused-ring (bicyclic) bond motifs is 6. The van der Waals surface area contributed by atoms with Gasteiger partial charge in [-0.05, 0) is 127 Å². The van der Waals surface area contributed by atoms with E-state index in [2.05, 4.69) is 170 Å². The molecular weight excluding hydrogens is 641 g/mol. The van der Waals surface area contributed by atoms with Crippen molar-refractivity contribution in [3.05, 3.63) is 170 Å². The van der Waals surface area contributed by atoms with E-state index in [1.165, 1.54) is 108 Å². The molecule has 242 valence electrons. The third-order valence-corrected chi connectivity index (χ3v) is 12.1. The smallest absolute Gasteiger partial charge is 0.143 e. The Morgan fingerprint density at radius 2 is 0.774 bits per heavy atom. The second-order valence-electron chi connectivity index (χ2n) is 14.8. The summed E-state index contributed by atoms with van der Waals surface area (Å²) >= 11 is 0. The summed E-state index contributed by atoms with van der Waals surface area (Å²) in [6.45, 7) is 0. The Labute approximate surface area is 303 Å². The molecule has 13 aromatic rings. The first-order valence-electron chi connectivity index (χ1n) is 18.4. The van der Waals surface area contributed by atoms with Gasteiger partial charge in [0, 0.05) is 16.2 Å². The van der Waals surface area contributed by atoms with E-state index in [-0.39, 0.29) is 0 Å². The minimum atomic E-state index is 0.915. The number of benzene rings is 12. The highest BCUT2D eigenvalue weighted by atomic mass is 16.3. The first-order valence-corrected chi connectivity index (χ1v) is 18.4. The number of hydrogen-bond donors (Lipinski definition) is 0. The minimum absolute atomic E-state index is 0.915. The highest BCUT2D eigenvalue weighted by Crippen LogP contribution is 2.47. The Kier molecular flexibility index (Phi) is 5.17. The van der Waals surface area contributed by atoms with Crippen LogP contribution < -0.4 is 0 Å².